The monoisotopic (exact) mass is 258 g/mol. The van der Waals surface area contributed by atoms with E-state index in [2.05, 4.69) is 0 Å². The van der Waals surface area contributed by atoms with Crippen LogP contribution in [-0.2, 0) is 14.3 Å². The first-order valence-electron chi connectivity index (χ1n) is 6.54. The van der Waals surface area contributed by atoms with E-state index in [1.54, 1.807) is 6.08 Å². The van der Waals surface area contributed by atoms with Crippen LogP contribution in [0.3, 0.4) is 0 Å². The van der Waals surface area contributed by atoms with Gasteiger partial charge in [-0.15, -0.1) is 0 Å². The van der Waals surface area contributed by atoms with E-state index in [0.717, 1.165) is 5.56 Å². The number of ether oxygens (including phenoxy) is 1. The van der Waals surface area contributed by atoms with Gasteiger partial charge in [0.25, 0.3) is 0 Å². The van der Waals surface area contributed by atoms with Crippen LogP contribution < -0.4 is 0 Å². The normalized spacial score (nSPS) is 23.2. The van der Waals surface area contributed by atoms with Gasteiger partial charge in [0.15, 0.2) is 0 Å². The van der Waals surface area contributed by atoms with Gasteiger partial charge in [-0.1, -0.05) is 37.3 Å². The highest BCUT2D eigenvalue weighted by Gasteiger charge is 2.40. The zero-order chi connectivity index (χ0) is 13.9. The third-order valence-electron chi connectivity index (χ3n) is 3.59. The minimum Gasteiger partial charge on any atom is -0.451 e. The quantitative estimate of drug-likeness (QED) is 0.762. The molecule has 0 aliphatic carbocycles. The average Bonchev–Trinajstić information content (AvgIpc) is 2.77. The number of ketones is 1. The van der Waals surface area contributed by atoms with Crippen molar-refractivity contribution < 1.29 is 14.3 Å². The number of rotatable bonds is 5. The van der Waals surface area contributed by atoms with Crippen molar-refractivity contribution in [3.05, 3.63) is 48.0 Å². The lowest BCUT2D eigenvalue weighted by molar-refractivity contribution is -0.147. The lowest BCUT2D eigenvalue weighted by Gasteiger charge is -2.31. The Morgan fingerprint density at radius 2 is 2.00 bits per heavy atom. The summed E-state index contributed by atoms with van der Waals surface area (Å²) in [6.45, 7) is 3.71. The molecule has 0 radical (unpaired) electrons. The van der Waals surface area contributed by atoms with Gasteiger partial charge in [-0.2, -0.15) is 0 Å². The van der Waals surface area contributed by atoms with Gasteiger partial charge in [0.1, 0.15) is 11.4 Å². The highest BCUT2D eigenvalue weighted by Crippen LogP contribution is 2.38. The lowest BCUT2D eigenvalue weighted by Crippen LogP contribution is -2.34. The highest BCUT2D eigenvalue weighted by atomic mass is 16.6. The summed E-state index contributed by atoms with van der Waals surface area (Å²) < 4.78 is 5.41. The van der Waals surface area contributed by atoms with Gasteiger partial charge in [0.05, 0.1) is 0 Å². The number of hydrogen-bond donors (Lipinski definition) is 0. The summed E-state index contributed by atoms with van der Waals surface area (Å²) in [5.41, 5.74) is 0.287. The number of Topliss-reactive ketones (excluding diaryl/α,β-unsaturated/α-hetero) is 1. The molecule has 3 nitrogen and oxygen atoms in total. The molecular weight excluding hydrogens is 240 g/mol. The number of carbonyl (C=O) groups excluding carboxylic acids is 2. The van der Waals surface area contributed by atoms with Crippen molar-refractivity contribution in [2.24, 2.45) is 0 Å². The lowest BCUT2D eigenvalue weighted by atomic mass is 9.80. The predicted octanol–water partition coefficient (Wildman–Crippen LogP) is 3.01. The van der Waals surface area contributed by atoms with Crippen LogP contribution in [0.1, 0.15) is 38.2 Å². The number of esters is 1. The molecule has 0 spiro atoms. The third-order valence-corrected chi connectivity index (χ3v) is 3.59. The molecule has 100 valence electrons. The summed E-state index contributed by atoms with van der Waals surface area (Å²) >= 11 is 0. The van der Waals surface area contributed by atoms with Gasteiger partial charge in [-0.25, -0.2) is 4.79 Å². The van der Waals surface area contributed by atoms with E-state index in [1.165, 1.54) is 6.08 Å². The Kier molecular flexibility index (Phi) is 3.84. The van der Waals surface area contributed by atoms with E-state index >= 15 is 0 Å². The Labute approximate surface area is 113 Å². The molecule has 1 aromatic carbocycles. The molecule has 2 rings (SSSR count). The van der Waals surface area contributed by atoms with Crippen molar-refractivity contribution in [2.75, 3.05) is 0 Å². The molecule has 0 fully saturated rings. The Morgan fingerprint density at radius 1 is 1.32 bits per heavy atom. The Bertz CT molecular complexity index is 504. The molecule has 0 saturated carbocycles. The molecule has 3 heteroatoms. The molecule has 0 N–H and O–H groups in total. The van der Waals surface area contributed by atoms with E-state index in [1.807, 2.05) is 44.2 Å². The molecule has 1 heterocycles. The first kappa shape index (κ1) is 13.5. The van der Waals surface area contributed by atoms with Crippen LogP contribution in [0.15, 0.2) is 42.5 Å². The van der Waals surface area contributed by atoms with E-state index in [4.69, 9.17) is 4.74 Å². The van der Waals surface area contributed by atoms with Crippen molar-refractivity contribution >= 4 is 11.8 Å². The van der Waals surface area contributed by atoms with Crippen LogP contribution in [-0.4, -0.2) is 17.4 Å². The fourth-order valence-corrected chi connectivity index (χ4v) is 2.41. The van der Waals surface area contributed by atoms with Crippen LogP contribution >= 0.6 is 0 Å². The zero-order valence-corrected chi connectivity index (χ0v) is 11.3. The molecule has 0 aromatic heterocycles. The Morgan fingerprint density at radius 3 is 2.53 bits per heavy atom. The molecule has 0 amide bonds. The van der Waals surface area contributed by atoms with Gasteiger partial charge in [0.2, 0.25) is 0 Å². The SMILES string of the molecule is CCC(=O)C[C@@H](c1ccccc1)[C@]1(C)C=CC(=O)O1. The first-order valence-corrected chi connectivity index (χ1v) is 6.54. The number of carbonyl (C=O) groups is 2. The van der Waals surface area contributed by atoms with E-state index in [9.17, 15) is 9.59 Å². The topological polar surface area (TPSA) is 43.4 Å². The number of hydrogen-bond acceptors (Lipinski definition) is 3. The molecule has 1 aliphatic rings. The Balaban J connectivity index is 2.32. The smallest absolute Gasteiger partial charge is 0.331 e. The molecule has 2 atom stereocenters. The summed E-state index contributed by atoms with van der Waals surface area (Å²) in [7, 11) is 0. The average molecular weight is 258 g/mol. The maximum Gasteiger partial charge on any atom is 0.331 e. The van der Waals surface area contributed by atoms with Crippen molar-refractivity contribution in [1.29, 1.82) is 0 Å². The van der Waals surface area contributed by atoms with Gasteiger partial charge in [0, 0.05) is 24.8 Å². The summed E-state index contributed by atoms with van der Waals surface area (Å²) in [6.07, 6.45) is 4.08. The van der Waals surface area contributed by atoms with Crippen LogP contribution in [0.2, 0.25) is 0 Å². The predicted molar refractivity (Wildman–Crippen MR) is 72.7 cm³/mol. The minimum absolute atomic E-state index is 0.135. The van der Waals surface area contributed by atoms with Gasteiger partial charge in [-0.05, 0) is 18.6 Å². The second-order valence-corrected chi connectivity index (χ2v) is 5.00. The third kappa shape index (κ3) is 2.92. The first-order chi connectivity index (χ1) is 9.05. The van der Waals surface area contributed by atoms with E-state index in [-0.39, 0.29) is 17.7 Å². The fraction of sp³-hybridized carbons (Fsp3) is 0.375. The summed E-state index contributed by atoms with van der Waals surface area (Å²) in [4.78, 5) is 23.2. The van der Waals surface area contributed by atoms with E-state index in [0.29, 0.717) is 12.8 Å². The van der Waals surface area contributed by atoms with Crippen LogP contribution in [0.4, 0.5) is 0 Å². The fourth-order valence-electron chi connectivity index (χ4n) is 2.41. The zero-order valence-electron chi connectivity index (χ0n) is 11.3. The molecule has 0 saturated heterocycles. The summed E-state index contributed by atoms with van der Waals surface area (Å²) in [5.74, 6) is -0.303. The standard InChI is InChI=1S/C16H18O3/c1-3-13(17)11-14(12-7-5-4-6-8-12)16(2)10-9-15(18)19-16/h4-10,14H,3,11H2,1-2H3/t14-,16-/m0/s1. The highest BCUT2D eigenvalue weighted by molar-refractivity contribution is 5.86. The van der Waals surface area contributed by atoms with E-state index < -0.39 is 5.60 Å². The minimum atomic E-state index is -0.733. The van der Waals surface area contributed by atoms with Crippen LogP contribution in [0.5, 0.6) is 0 Å². The molecule has 19 heavy (non-hydrogen) atoms. The molecular formula is C16H18O3. The van der Waals surface area contributed by atoms with Crippen molar-refractivity contribution in [2.45, 2.75) is 38.2 Å². The van der Waals surface area contributed by atoms with Crippen molar-refractivity contribution in [3.63, 3.8) is 0 Å². The van der Waals surface area contributed by atoms with Gasteiger partial charge in [-0.3, -0.25) is 4.79 Å². The number of cyclic esters (lactones) is 1. The Hall–Kier alpha value is -1.90. The maximum absolute atomic E-state index is 11.8. The number of benzene rings is 1. The summed E-state index contributed by atoms with van der Waals surface area (Å²) in [5, 5.41) is 0. The maximum atomic E-state index is 11.8. The van der Waals surface area contributed by atoms with Gasteiger partial charge >= 0.3 is 5.97 Å². The summed E-state index contributed by atoms with van der Waals surface area (Å²) in [6, 6.07) is 9.74. The molecule has 1 aromatic rings. The van der Waals surface area contributed by atoms with Crippen molar-refractivity contribution in [3.8, 4) is 0 Å². The van der Waals surface area contributed by atoms with Crippen molar-refractivity contribution in [1.82, 2.24) is 0 Å². The largest absolute Gasteiger partial charge is 0.451 e. The molecule has 0 unspecified atom stereocenters. The van der Waals surface area contributed by atoms with Gasteiger partial charge < -0.3 is 4.74 Å². The molecule has 0 bridgehead atoms. The second-order valence-electron chi connectivity index (χ2n) is 5.00. The molecule has 1 aliphatic heterocycles. The van der Waals surface area contributed by atoms with Crippen LogP contribution in [0, 0.1) is 0 Å². The second kappa shape index (κ2) is 5.39. The van der Waals surface area contributed by atoms with Crippen LogP contribution in [0.25, 0.3) is 0 Å².